The number of fused-ring (bicyclic) bond motifs is 1. The molecule has 0 saturated heterocycles. The molecule has 1 aromatic heterocycles. The van der Waals surface area contributed by atoms with Gasteiger partial charge in [-0.2, -0.15) is 13.2 Å². The van der Waals surface area contributed by atoms with E-state index in [4.69, 9.17) is 23.2 Å². The molecule has 0 fully saturated rings. The first-order valence-corrected chi connectivity index (χ1v) is 8.70. The molecular weight excluding hydrogens is 404 g/mol. The lowest BCUT2D eigenvalue weighted by molar-refractivity contribution is -0.138. The average Bonchev–Trinajstić information content (AvgIpc) is 2.54. The van der Waals surface area contributed by atoms with Gasteiger partial charge >= 0.3 is 6.18 Å². The highest BCUT2D eigenvalue weighted by Crippen LogP contribution is 2.35. The van der Waals surface area contributed by atoms with Crippen molar-refractivity contribution >= 4 is 40.6 Å². The molecule has 1 aliphatic rings. The topological polar surface area (TPSA) is 58.1 Å². The van der Waals surface area contributed by atoms with E-state index in [1.165, 1.54) is 0 Å². The summed E-state index contributed by atoms with van der Waals surface area (Å²) in [4.78, 5) is 21.1. The molecule has 1 aromatic carbocycles. The van der Waals surface area contributed by atoms with Crippen LogP contribution in [0.2, 0.25) is 10.2 Å². The molecular formula is C17H15Cl2F3N4O. The van der Waals surface area contributed by atoms with Crippen LogP contribution in [-0.4, -0.2) is 33.7 Å². The Bertz CT molecular complexity index is 904. The maximum absolute atomic E-state index is 12.8. The van der Waals surface area contributed by atoms with E-state index >= 15 is 0 Å². The van der Waals surface area contributed by atoms with E-state index in [0.717, 1.165) is 11.1 Å². The summed E-state index contributed by atoms with van der Waals surface area (Å²) in [5, 5.41) is 2.45. The number of rotatable bonds is 3. The van der Waals surface area contributed by atoms with E-state index in [9.17, 15) is 18.0 Å². The van der Waals surface area contributed by atoms with E-state index in [1.807, 2.05) is 11.9 Å². The number of hydrogen-bond acceptors (Lipinski definition) is 5. The Labute approximate surface area is 163 Å². The average molecular weight is 419 g/mol. The van der Waals surface area contributed by atoms with Crippen molar-refractivity contribution in [2.45, 2.75) is 32.1 Å². The zero-order chi connectivity index (χ0) is 19.9. The Hall–Kier alpha value is -1.90. The third kappa shape index (κ3) is 4.17. The number of aromatic nitrogens is 2. The molecule has 3 rings (SSSR count). The number of halogens is 5. The molecule has 0 aliphatic carbocycles. The molecule has 27 heavy (non-hydrogen) atoms. The number of nitrogens with zero attached hydrogens (tertiary/aromatic N) is 3. The molecule has 0 spiro atoms. The minimum absolute atomic E-state index is 0.0606. The van der Waals surface area contributed by atoms with Gasteiger partial charge in [-0.1, -0.05) is 23.2 Å². The van der Waals surface area contributed by atoms with Gasteiger partial charge in [-0.25, -0.2) is 9.97 Å². The van der Waals surface area contributed by atoms with Crippen molar-refractivity contribution in [2.24, 2.45) is 0 Å². The van der Waals surface area contributed by atoms with Gasteiger partial charge in [-0.15, -0.1) is 0 Å². The van der Waals surface area contributed by atoms with Gasteiger partial charge in [0.1, 0.15) is 16.5 Å². The second kappa shape index (κ2) is 7.26. The number of benzene rings is 1. The van der Waals surface area contributed by atoms with Crippen LogP contribution in [0, 0.1) is 0 Å². The van der Waals surface area contributed by atoms with Crippen molar-refractivity contribution < 1.29 is 18.0 Å². The molecule has 1 aliphatic heterocycles. The number of likely N-dealkylation sites (N-methyl/N-ethyl adjacent to an activating group) is 1. The SMILES string of the molecule is CC(=O)C1Cc2cc(Nc3ncc(C(F)(F)F)c(Cl)n3)c(Cl)cc2CN1C. The number of nitrogens with one attached hydrogen (secondary N) is 1. The molecule has 5 nitrogen and oxygen atoms in total. The van der Waals surface area contributed by atoms with Crippen LogP contribution in [0.5, 0.6) is 0 Å². The van der Waals surface area contributed by atoms with Gasteiger partial charge in [0.25, 0.3) is 0 Å². The molecule has 144 valence electrons. The molecule has 1 unspecified atom stereocenters. The van der Waals surface area contributed by atoms with E-state index in [1.54, 1.807) is 19.1 Å². The molecule has 10 heteroatoms. The normalized spacial score (nSPS) is 17.5. The second-order valence-corrected chi connectivity index (χ2v) is 7.13. The highest BCUT2D eigenvalue weighted by atomic mass is 35.5. The van der Waals surface area contributed by atoms with Crippen molar-refractivity contribution in [2.75, 3.05) is 12.4 Å². The summed E-state index contributed by atoms with van der Waals surface area (Å²) in [6.07, 6.45) is -3.50. The van der Waals surface area contributed by atoms with E-state index in [2.05, 4.69) is 15.3 Å². The van der Waals surface area contributed by atoms with Crippen LogP contribution in [0.4, 0.5) is 24.8 Å². The summed E-state index contributed by atoms with van der Waals surface area (Å²) in [5.74, 6) is -0.0450. The van der Waals surface area contributed by atoms with Crippen molar-refractivity contribution in [1.82, 2.24) is 14.9 Å². The van der Waals surface area contributed by atoms with E-state index < -0.39 is 16.9 Å². The lowest BCUT2D eigenvalue weighted by atomic mass is 9.92. The quantitative estimate of drug-likeness (QED) is 0.743. The standard InChI is InChI=1S/C17H15Cl2F3N4O/c1-8(27)14-5-9-4-13(12(18)3-10(9)7-26(14)2)24-16-23-6-11(15(19)25-16)17(20,21)22/h3-4,6,14H,5,7H2,1-2H3,(H,23,24,25). The van der Waals surface area contributed by atoms with Crippen LogP contribution in [0.15, 0.2) is 18.3 Å². The van der Waals surface area contributed by atoms with Gasteiger partial charge in [-0.3, -0.25) is 9.69 Å². The predicted octanol–water partition coefficient (Wildman–Crippen LogP) is 4.49. The third-order valence-electron chi connectivity index (χ3n) is 4.42. The minimum Gasteiger partial charge on any atom is -0.323 e. The first-order valence-electron chi connectivity index (χ1n) is 7.95. The molecule has 0 saturated carbocycles. The van der Waals surface area contributed by atoms with Crippen molar-refractivity contribution in [3.63, 3.8) is 0 Å². The van der Waals surface area contributed by atoms with Crippen molar-refractivity contribution in [1.29, 1.82) is 0 Å². The Morgan fingerprint density at radius 2 is 2.00 bits per heavy atom. The smallest absolute Gasteiger partial charge is 0.323 e. The number of anilines is 2. The number of hydrogen-bond donors (Lipinski definition) is 1. The Morgan fingerprint density at radius 3 is 2.59 bits per heavy atom. The van der Waals surface area contributed by atoms with Crippen LogP contribution in [-0.2, 0) is 23.9 Å². The summed E-state index contributed by atoms with van der Waals surface area (Å²) in [6, 6.07) is 3.29. The molecule has 1 atom stereocenters. The van der Waals surface area contributed by atoms with E-state index in [0.29, 0.717) is 29.9 Å². The van der Waals surface area contributed by atoms with Gasteiger partial charge in [-0.05, 0) is 43.7 Å². The molecule has 1 N–H and O–H groups in total. The number of alkyl halides is 3. The number of carbonyl (C=O) groups excluding carboxylic acids is 1. The first-order chi connectivity index (χ1) is 12.6. The number of ketones is 1. The predicted molar refractivity (Wildman–Crippen MR) is 96.4 cm³/mol. The van der Waals surface area contributed by atoms with Gasteiger partial charge in [0, 0.05) is 12.7 Å². The maximum atomic E-state index is 12.8. The Balaban J connectivity index is 1.90. The monoisotopic (exact) mass is 418 g/mol. The number of Topliss-reactive ketones (excluding diaryl/α,β-unsaturated/α-hetero) is 1. The zero-order valence-electron chi connectivity index (χ0n) is 14.4. The Kier molecular flexibility index (Phi) is 5.33. The summed E-state index contributed by atoms with van der Waals surface area (Å²) >= 11 is 11.9. The fourth-order valence-corrected chi connectivity index (χ4v) is 3.49. The minimum atomic E-state index is -4.63. The van der Waals surface area contributed by atoms with Crippen LogP contribution >= 0.6 is 23.2 Å². The lowest BCUT2D eigenvalue weighted by Crippen LogP contribution is -2.42. The highest BCUT2D eigenvalue weighted by Gasteiger charge is 2.34. The van der Waals surface area contributed by atoms with Crippen LogP contribution in [0.1, 0.15) is 23.6 Å². The van der Waals surface area contributed by atoms with Gasteiger partial charge in [0.15, 0.2) is 0 Å². The highest BCUT2D eigenvalue weighted by molar-refractivity contribution is 6.33. The molecule has 0 radical (unpaired) electrons. The maximum Gasteiger partial charge on any atom is 0.420 e. The summed E-state index contributed by atoms with van der Waals surface area (Å²) in [7, 11) is 1.87. The first kappa shape index (κ1) is 19.9. The molecule has 0 amide bonds. The third-order valence-corrected chi connectivity index (χ3v) is 5.02. The fraction of sp³-hybridized carbons (Fsp3) is 0.353. The second-order valence-electron chi connectivity index (χ2n) is 6.37. The zero-order valence-corrected chi connectivity index (χ0v) is 15.9. The molecule has 0 bridgehead atoms. The van der Waals surface area contributed by atoms with Crippen LogP contribution < -0.4 is 5.32 Å². The van der Waals surface area contributed by atoms with Crippen LogP contribution in [0.25, 0.3) is 0 Å². The van der Waals surface area contributed by atoms with E-state index in [-0.39, 0.29) is 17.8 Å². The summed E-state index contributed by atoms with van der Waals surface area (Å²) in [6.45, 7) is 2.11. The fourth-order valence-electron chi connectivity index (χ4n) is 3.02. The molecule has 2 heterocycles. The van der Waals surface area contributed by atoms with Crippen molar-refractivity contribution in [3.05, 3.63) is 45.2 Å². The largest absolute Gasteiger partial charge is 0.420 e. The van der Waals surface area contributed by atoms with Gasteiger partial charge in [0.05, 0.1) is 16.8 Å². The van der Waals surface area contributed by atoms with Crippen LogP contribution in [0.3, 0.4) is 0 Å². The summed E-state index contributed by atoms with van der Waals surface area (Å²) in [5.41, 5.74) is 1.23. The number of carbonyl (C=O) groups is 1. The van der Waals surface area contributed by atoms with Gasteiger partial charge in [0.2, 0.25) is 5.95 Å². The Morgan fingerprint density at radius 1 is 1.30 bits per heavy atom. The van der Waals surface area contributed by atoms with Gasteiger partial charge < -0.3 is 5.32 Å². The molecule has 2 aromatic rings. The van der Waals surface area contributed by atoms with Crippen molar-refractivity contribution in [3.8, 4) is 0 Å². The summed E-state index contributed by atoms with van der Waals surface area (Å²) < 4.78 is 38.3. The lowest BCUT2D eigenvalue weighted by Gasteiger charge is -2.32.